The number of ether oxygens (including phenoxy) is 1. The van der Waals surface area contributed by atoms with E-state index < -0.39 is 75.8 Å². The molecule has 3 atom stereocenters. The number of fused-ring (bicyclic) bond motifs is 3. The minimum atomic E-state index is -5.19. The van der Waals surface area contributed by atoms with Gasteiger partial charge in [0, 0.05) is 61.9 Å². The van der Waals surface area contributed by atoms with Crippen LogP contribution >= 0.6 is 11.3 Å². The molecule has 0 saturated carbocycles. The van der Waals surface area contributed by atoms with Crippen LogP contribution in [0.25, 0.3) is 32.1 Å². The Kier molecular flexibility index (Phi) is 8.89. The number of rotatable bonds is 8. The number of likely N-dealkylation sites (tertiary alicyclic amines) is 1. The van der Waals surface area contributed by atoms with E-state index in [2.05, 4.69) is 9.97 Å². The minimum absolute atomic E-state index is 0.0869. The van der Waals surface area contributed by atoms with E-state index in [1.807, 2.05) is 4.90 Å². The molecule has 2 N–H and O–H groups in total. The van der Waals surface area contributed by atoms with E-state index in [1.54, 1.807) is 6.07 Å². The lowest BCUT2D eigenvalue weighted by atomic mass is 9.92. The molecule has 3 fully saturated rings. The molecule has 0 radical (unpaired) electrons. The van der Waals surface area contributed by atoms with Crippen LogP contribution < -0.4 is 15.4 Å². The molecule has 0 aliphatic carbocycles. The maximum Gasteiger partial charge on any atom is 0.417 e. The van der Waals surface area contributed by atoms with Gasteiger partial charge >= 0.3 is 12.2 Å². The molecule has 3 aliphatic rings. The number of alkyl halides is 5. The van der Waals surface area contributed by atoms with Gasteiger partial charge in [-0.2, -0.15) is 28.4 Å². The summed E-state index contributed by atoms with van der Waals surface area (Å²) in [5.74, 6) is -2.81. The minimum Gasteiger partial charge on any atom is -0.461 e. The maximum atomic E-state index is 17.1. The standard InChI is InChI=1S/C34H32F7N7O2S/c1-17(49)46-9-5-19(15-46)48(10-7-35)31-21-11-23(34(39,40)41)26(20-3-4-24(37)29-25(20)22(13-42)30(43)51-29)27(38)28(21)44-32(45-31)50-16-33-6-2-8-47(33)14-18(36)12-33/h3-4,11,18-19H,2,5-10,12,14-16,43H2,1H3. The van der Waals surface area contributed by atoms with Gasteiger partial charge in [0.1, 0.15) is 47.7 Å². The van der Waals surface area contributed by atoms with Crippen LogP contribution in [0.1, 0.15) is 43.7 Å². The third kappa shape index (κ3) is 5.95. The van der Waals surface area contributed by atoms with Gasteiger partial charge in [0.05, 0.1) is 21.4 Å². The molecule has 1 amide bonds. The van der Waals surface area contributed by atoms with Crippen molar-refractivity contribution >= 4 is 49.1 Å². The summed E-state index contributed by atoms with van der Waals surface area (Å²) in [6.45, 7) is 1.25. The van der Waals surface area contributed by atoms with Crippen LogP contribution in [-0.2, 0) is 11.0 Å². The Balaban J connectivity index is 1.47. The van der Waals surface area contributed by atoms with Gasteiger partial charge in [0.15, 0.2) is 5.82 Å². The highest BCUT2D eigenvalue weighted by Gasteiger charge is 2.49. The van der Waals surface area contributed by atoms with Gasteiger partial charge in [0.2, 0.25) is 5.91 Å². The van der Waals surface area contributed by atoms with Gasteiger partial charge < -0.3 is 20.3 Å². The molecule has 2 aromatic carbocycles. The molecule has 17 heteroatoms. The van der Waals surface area contributed by atoms with Crippen molar-refractivity contribution in [3.8, 4) is 23.2 Å². The number of anilines is 2. The van der Waals surface area contributed by atoms with E-state index in [4.69, 9.17) is 10.5 Å². The molecular formula is C34H32F7N7O2S. The molecule has 7 rings (SSSR count). The van der Waals surface area contributed by atoms with Crippen LogP contribution in [0.15, 0.2) is 18.2 Å². The number of carbonyl (C=O) groups excluding carboxylic acids is 1. The van der Waals surface area contributed by atoms with Crippen LogP contribution in [0, 0.1) is 23.0 Å². The smallest absolute Gasteiger partial charge is 0.417 e. The quantitative estimate of drug-likeness (QED) is 0.201. The van der Waals surface area contributed by atoms with Crippen molar-refractivity contribution in [2.45, 2.75) is 56.5 Å². The van der Waals surface area contributed by atoms with Crippen molar-refractivity contribution in [1.29, 1.82) is 5.26 Å². The van der Waals surface area contributed by atoms with Crippen molar-refractivity contribution in [2.24, 2.45) is 0 Å². The number of benzene rings is 2. The summed E-state index contributed by atoms with van der Waals surface area (Å²) in [5, 5.41) is 8.98. The number of aromatic nitrogens is 2. The summed E-state index contributed by atoms with van der Waals surface area (Å²) >= 11 is 0.648. The molecule has 3 saturated heterocycles. The van der Waals surface area contributed by atoms with Crippen LogP contribution in [0.4, 0.5) is 41.6 Å². The fourth-order valence-electron chi connectivity index (χ4n) is 7.95. The molecule has 51 heavy (non-hydrogen) atoms. The van der Waals surface area contributed by atoms with Gasteiger partial charge in [-0.3, -0.25) is 9.69 Å². The molecule has 3 unspecified atom stereocenters. The highest BCUT2D eigenvalue weighted by Crippen LogP contribution is 2.48. The second-order valence-electron chi connectivity index (χ2n) is 13.2. The predicted molar refractivity (Wildman–Crippen MR) is 177 cm³/mol. The van der Waals surface area contributed by atoms with Crippen molar-refractivity contribution in [3.05, 3.63) is 41.0 Å². The average Bonchev–Trinajstić information content (AvgIpc) is 3.85. The number of amides is 1. The molecule has 4 aromatic rings. The lowest BCUT2D eigenvalue weighted by Gasteiger charge is -2.32. The van der Waals surface area contributed by atoms with Crippen LogP contribution in [0.5, 0.6) is 6.01 Å². The lowest BCUT2D eigenvalue weighted by molar-refractivity contribution is -0.137. The zero-order valence-electron chi connectivity index (χ0n) is 27.3. The Morgan fingerprint density at radius 2 is 2.02 bits per heavy atom. The van der Waals surface area contributed by atoms with E-state index in [0.717, 1.165) is 18.6 Å². The maximum absolute atomic E-state index is 17.1. The first kappa shape index (κ1) is 35.0. The topological polar surface area (TPSA) is 112 Å². The summed E-state index contributed by atoms with van der Waals surface area (Å²) in [5.41, 5.74) is 1.46. The summed E-state index contributed by atoms with van der Waals surface area (Å²) in [7, 11) is 0. The van der Waals surface area contributed by atoms with Gasteiger partial charge in [-0.05, 0) is 43.5 Å². The number of halogens is 7. The van der Waals surface area contributed by atoms with Gasteiger partial charge in [-0.15, -0.1) is 11.3 Å². The number of nitriles is 1. The second-order valence-corrected chi connectivity index (χ2v) is 14.3. The van der Waals surface area contributed by atoms with E-state index in [-0.39, 0.29) is 65.0 Å². The van der Waals surface area contributed by atoms with Crippen molar-refractivity contribution in [2.75, 3.05) is 56.6 Å². The molecule has 5 heterocycles. The van der Waals surface area contributed by atoms with E-state index in [0.29, 0.717) is 43.3 Å². The Bertz CT molecular complexity index is 2090. The van der Waals surface area contributed by atoms with Crippen molar-refractivity contribution in [3.63, 3.8) is 0 Å². The number of thiophene rings is 1. The molecule has 0 spiro atoms. The molecular weight excluding hydrogens is 703 g/mol. The predicted octanol–water partition coefficient (Wildman–Crippen LogP) is 6.61. The number of carbonyl (C=O) groups is 1. The number of nitrogens with zero attached hydrogens (tertiary/aromatic N) is 6. The number of nitrogens with two attached hydrogens (primary N) is 1. The van der Waals surface area contributed by atoms with Crippen LogP contribution in [-0.4, -0.2) is 89.4 Å². The van der Waals surface area contributed by atoms with Crippen molar-refractivity contribution in [1.82, 2.24) is 19.8 Å². The van der Waals surface area contributed by atoms with Crippen LogP contribution in [0.3, 0.4) is 0 Å². The number of nitrogen functional groups attached to an aromatic ring is 1. The third-order valence-corrected chi connectivity index (χ3v) is 11.3. The zero-order chi connectivity index (χ0) is 36.4. The van der Waals surface area contributed by atoms with E-state index in [1.165, 1.54) is 16.7 Å². The second kappa shape index (κ2) is 13.0. The van der Waals surface area contributed by atoms with Gasteiger partial charge in [0.25, 0.3) is 0 Å². The molecule has 9 nitrogen and oxygen atoms in total. The molecule has 270 valence electrons. The van der Waals surface area contributed by atoms with Gasteiger partial charge in [-0.25, -0.2) is 17.6 Å². The first-order chi connectivity index (χ1) is 24.3. The first-order valence-corrected chi connectivity index (χ1v) is 17.2. The Hall–Kier alpha value is -4.43. The lowest BCUT2D eigenvalue weighted by Crippen LogP contribution is -2.43. The summed E-state index contributed by atoms with van der Waals surface area (Å²) in [6, 6.07) is 3.26. The Morgan fingerprint density at radius 3 is 2.71 bits per heavy atom. The van der Waals surface area contributed by atoms with Crippen molar-refractivity contribution < 1.29 is 40.3 Å². The van der Waals surface area contributed by atoms with Gasteiger partial charge in [-0.1, -0.05) is 6.07 Å². The SMILES string of the molecule is CC(=O)N1CCC(N(CCF)c2nc(OCC34CCCN3CC(F)C4)nc3c(F)c(-c4ccc(F)c5sc(N)c(C#N)c45)c(C(F)(F)F)cc23)C1. The monoisotopic (exact) mass is 735 g/mol. The first-order valence-electron chi connectivity index (χ1n) is 16.4. The summed E-state index contributed by atoms with van der Waals surface area (Å²) in [4.78, 5) is 25.8. The highest BCUT2D eigenvalue weighted by molar-refractivity contribution is 7.23. The number of hydrogen-bond acceptors (Lipinski definition) is 9. The summed E-state index contributed by atoms with van der Waals surface area (Å²) < 4.78 is 112. The summed E-state index contributed by atoms with van der Waals surface area (Å²) in [6.07, 6.45) is -4.36. The number of hydrogen-bond donors (Lipinski definition) is 1. The Labute approximate surface area is 291 Å². The largest absolute Gasteiger partial charge is 0.461 e. The normalized spacial score (nSPS) is 22.2. The highest BCUT2D eigenvalue weighted by atomic mass is 32.1. The zero-order valence-corrected chi connectivity index (χ0v) is 28.1. The molecule has 0 bridgehead atoms. The Morgan fingerprint density at radius 1 is 1.24 bits per heavy atom. The fourth-order valence-corrected chi connectivity index (χ4v) is 8.90. The van der Waals surface area contributed by atoms with E-state index in [9.17, 15) is 23.2 Å². The molecule has 3 aliphatic heterocycles. The third-order valence-electron chi connectivity index (χ3n) is 10.3. The average molecular weight is 736 g/mol. The fraction of sp³-hybridized carbons (Fsp3) is 0.471. The van der Waals surface area contributed by atoms with Crippen LogP contribution in [0.2, 0.25) is 0 Å². The molecule has 2 aromatic heterocycles. The van der Waals surface area contributed by atoms with E-state index >= 15 is 17.6 Å².